The maximum Gasteiger partial charge on any atom is 0.248 e. The van der Waals surface area contributed by atoms with Crippen LogP contribution in [0.5, 0.6) is 0 Å². The zero-order valence-corrected chi connectivity index (χ0v) is 12.2. The number of carbonyl (C=O) groups is 1. The molecule has 108 valence electrons. The number of amides is 1. The molecule has 0 fully saturated rings. The molecule has 3 aromatic rings. The number of hydrogen-bond acceptors (Lipinski definition) is 1. The van der Waals surface area contributed by atoms with Crippen LogP contribution < -0.4 is 5.73 Å². The number of primary amides is 1. The van der Waals surface area contributed by atoms with E-state index in [0.717, 1.165) is 23.1 Å². The molecule has 0 bridgehead atoms. The van der Waals surface area contributed by atoms with Crippen LogP contribution in [0, 0.1) is 0 Å². The Morgan fingerprint density at radius 1 is 0.818 bits per heavy atom. The minimum absolute atomic E-state index is 0.395. The van der Waals surface area contributed by atoms with E-state index in [9.17, 15) is 4.79 Å². The van der Waals surface area contributed by atoms with Crippen LogP contribution in [0.15, 0.2) is 78.9 Å². The molecular formula is C20H17NO. The quantitative estimate of drug-likeness (QED) is 0.773. The van der Waals surface area contributed by atoms with E-state index >= 15 is 0 Å². The number of carbonyl (C=O) groups excluding carboxylic acids is 1. The third-order valence-electron chi connectivity index (χ3n) is 3.71. The van der Waals surface area contributed by atoms with Gasteiger partial charge in [-0.2, -0.15) is 0 Å². The Kier molecular flexibility index (Phi) is 4.01. The van der Waals surface area contributed by atoms with Gasteiger partial charge in [-0.1, -0.05) is 66.7 Å². The topological polar surface area (TPSA) is 43.1 Å². The van der Waals surface area contributed by atoms with Gasteiger partial charge in [-0.05, 0) is 40.8 Å². The Hall–Kier alpha value is -2.87. The lowest BCUT2D eigenvalue weighted by atomic mass is 9.93. The van der Waals surface area contributed by atoms with E-state index in [1.807, 2.05) is 48.5 Å². The standard InChI is InChI=1S/C20H17NO/c21-20(22)17-11-12-19(16-9-5-2-6-10-16)18(14-17)13-15-7-3-1-4-8-15/h1-12,14H,13H2,(H2,21,22). The van der Waals surface area contributed by atoms with Gasteiger partial charge >= 0.3 is 0 Å². The van der Waals surface area contributed by atoms with Crippen molar-refractivity contribution in [1.29, 1.82) is 0 Å². The summed E-state index contributed by atoms with van der Waals surface area (Å²) in [5.41, 5.74) is 10.6. The lowest BCUT2D eigenvalue weighted by Crippen LogP contribution is -2.11. The summed E-state index contributed by atoms with van der Waals surface area (Å²) in [5.74, 6) is -0.395. The molecule has 0 spiro atoms. The second kappa shape index (κ2) is 6.27. The Morgan fingerprint density at radius 3 is 2.09 bits per heavy atom. The fraction of sp³-hybridized carbons (Fsp3) is 0.0500. The molecule has 2 heteroatoms. The van der Waals surface area contributed by atoms with Crippen molar-refractivity contribution >= 4 is 5.91 Å². The van der Waals surface area contributed by atoms with Gasteiger partial charge in [0.1, 0.15) is 0 Å². The van der Waals surface area contributed by atoms with Crippen LogP contribution in [0.2, 0.25) is 0 Å². The average Bonchev–Trinajstić information content (AvgIpc) is 2.56. The van der Waals surface area contributed by atoms with Crippen molar-refractivity contribution in [1.82, 2.24) is 0 Å². The summed E-state index contributed by atoms with van der Waals surface area (Å²) in [6.45, 7) is 0. The minimum atomic E-state index is -0.395. The van der Waals surface area contributed by atoms with Gasteiger partial charge in [0, 0.05) is 5.56 Å². The number of rotatable bonds is 4. The molecule has 0 unspecified atom stereocenters. The van der Waals surface area contributed by atoms with E-state index in [-0.39, 0.29) is 0 Å². The van der Waals surface area contributed by atoms with Gasteiger partial charge in [0.15, 0.2) is 0 Å². The highest BCUT2D eigenvalue weighted by Crippen LogP contribution is 2.26. The van der Waals surface area contributed by atoms with E-state index in [0.29, 0.717) is 5.56 Å². The Bertz CT molecular complexity index is 779. The van der Waals surface area contributed by atoms with Gasteiger partial charge in [0.25, 0.3) is 0 Å². The Morgan fingerprint density at radius 2 is 1.45 bits per heavy atom. The molecule has 0 radical (unpaired) electrons. The van der Waals surface area contributed by atoms with Crippen molar-refractivity contribution in [3.05, 3.63) is 95.6 Å². The van der Waals surface area contributed by atoms with E-state index in [1.165, 1.54) is 5.56 Å². The first-order valence-electron chi connectivity index (χ1n) is 7.26. The molecule has 22 heavy (non-hydrogen) atoms. The average molecular weight is 287 g/mol. The largest absolute Gasteiger partial charge is 0.366 e. The number of hydrogen-bond donors (Lipinski definition) is 1. The van der Waals surface area contributed by atoms with E-state index < -0.39 is 5.91 Å². The molecule has 0 aliphatic heterocycles. The molecular weight excluding hydrogens is 270 g/mol. The SMILES string of the molecule is NC(=O)c1ccc(-c2ccccc2)c(Cc2ccccc2)c1. The predicted octanol–water partition coefficient (Wildman–Crippen LogP) is 4.04. The molecule has 0 saturated carbocycles. The van der Waals surface area contributed by atoms with Crippen molar-refractivity contribution in [2.24, 2.45) is 5.73 Å². The summed E-state index contributed by atoms with van der Waals surface area (Å²) in [4.78, 5) is 11.5. The summed E-state index contributed by atoms with van der Waals surface area (Å²) >= 11 is 0. The van der Waals surface area contributed by atoms with Crippen LogP contribution in [0.3, 0.4) is 0 Å². The highest BCUT2D eigenvalue weighted by atomic mass is 16.1. The number of nitrogens with two attached hydrogens (primary N) is 1. The number of benzene rings is 3. The van der Waals surface area contributed by atoms with Crippen molar-refractivity contribution in [3.63, 3.8) is 0 Å². The maximum absolute atomic E-state index is 11.5. The van der Waals surface area contributed by atoms with E-state index in [4.69, 9.17) is 5.73 Å². The molecule has 0 aromatic heterocycles. The lowest BCUT2D eigenvalue weighted by molar-refractivity contribution is 0.1000. The van der Waals surface area contributed by atoms with Crippen molar-refractivity contribution in [2.45, 2.75) is 6.42 Å². The maximum atomic E-state index is 11.5. The molecule has 0 saturated heterocycles. The second-order valence-electron chi connectivity index (χ2n) is 5.26. The van der Waals surface area contributed by atoms with Crippen LogP contribution in [0.25, 0.3) is 11.1 Å². The second-order valence-corrected chi connectivity index (χ2v) is 5.26. The molecule has 0 atom stereocenters. The smallest absolute Gasteiger partial charge is 0.248 e. The first kappa shape index (κ1) is 14.1. The molecule has 2 nitrogen and oxygen atoms in total. The zero-order chi connectivity index (χ0) is 15.4. The highest BCUT2D eigenvalue weighted by Gasteiger charge is 2.09. The third-order valence-corrected chi connectivity index (χ3v) is 3.71. The Balaban J connectivity index is 2.07. The van der Waals surface area contributed by atoms with E-state index in [1.54, 1.807) is 6.07 Å². The van der Waals surface area contributed by atoms with Crippen molar-refractivity contribution in [2.75, 3.05) is 0 Å². The molecule has 0 aliphatic carbocycles. The molecule has 3 rings (SSSR count). The van der Waals surface area contributed by atoms with Gasteiger partial charge in [0.05, 0.1) is 0 Å². The van der Waals surface area contributed by atoms with Crippen LogP contribution in [0.1, 0.15) is 21.5 Å². The molecule has 0 aliphatic rings. The first-order valence-corrected chi connectivity index (χ1v) is 7.26. The highest BCUT2D eigenvalue weighted by molar-refractivity contribution is 5.93. The minimum Gasteiger partial charge on any atom is -0.366 e. The van der Waals surface area contributed by atoms with Crippen molar-refractivity contribution in [3.8, 4) is 11.1 Å². The van der Waals surface area contributed by atoms with Crippen molar-refractivity contribution < 1.29 is 4.79 Å². The van der Waals surface area contributed by atoms with Gasteiger partial charge in [0.2, 0.25) is 5.91 Å². The summed E-state index contributed by atoms with van der Waals surface area (Å²) in [6, 6.07) is 26.1. The van der Waals surface area contributed by atoms with E-state index in [2.05, 4.69) is 24.3 Å². The zero-order valence-electron chi connectivity index (χ0n) is 12.2. The third kappa shape index (κ3) is 3.07. The van der Waals surface area contributed by atoms with Gasteiger partial charge in [-0.15, -0.1) is 0 Å². The molecule has 1 amide bonds. The van der Waals surface area contributed by atoms with Crippen LogP contribution in [-0.2, 0) is 6.42 Å². The Labute approximate surface area is 130 Å². The van der Waals surface area contributed by atoms with Gasteiger partial charge in [-0.25, -0.2) is 0 Å². The summed E-state index contributed by atoms with van der Waals surface area (Å²) < 4.78 is 0. The summed E-state index contributed by atoms with van der Waals surface area (Å²) in [5, 5.41) is 0. The predicted molar refractivity (Wildman–Crippen MR) is 89.6 cm³/mol. The normalized spacial score (nSPS) is 10.4. The van der Waals surface area contributed by atoms with Gasteiger partial charge < -0.3 is 5.73 Å². The molecule has 3 aromatic carbocycles. The summed E-state index contributed by atoms with van der Waals surface area (Å²) in [6.07, 6.45) is 0.770. The lowest BCUT2D eigenvalue weighted by Gasteiger charge is -2.11. The van der Waals surface area contributed by atoms with Crippen LogP contribution in [0.4, 0.5) is 0 Å². The monoisotopic (exact) mass is 287 g/mol. The first-order chi connectivity index (χ1) is 10.7. The molecule has 0 heterocycles. The fourth-order valence-corrected chi connectivity index (χ4v) is 2.61. The van der Waals surface area contributed by atoms with Crippen LogP contribution in [-0.4, -0.2) is 5.91 Å². The van der Waals surface area contributed by atoms with Crippen LogP contribution >= 0.6 is 0 Å². The molecule has 2 N–H and O–H groups in total. The summed E-state index contributed by atoms with van der Waals surface area (Å²) in [7, 11) is 0. The fourth-order valence-electron chi connectivity index (χ4n) is 2.61. The van der Waals surface area contributed by atoms with Gasteiger partial charge in [-0.3, -0.25) is 4.79 Å².